The minimum atomic E-state index is -0.250. The highest BCUT2D eigenvalue weighted by Crippen LogP contribution is 2.38. The smallest absolute Gasteiger partial charge is 0.255 e. The number of nitrogens with one attached hydrogen (secondary N) is 1. The van der Waals surface area contributed by atoms with Crippen molar-refractivity contribution in [2.45, 2.75) is 39.2 Å². The summed E-state index contributed by atoms with van der Waals surface area (Å²) in [5, 5.41) is 2.94. The van der Waals surface area contributed by atoms with Crippen LogP contribution in [-0.2, 0) is 11.2 Å². The van der Waals surface area contributed by atoms with Crippen molar-refractivity contribution >= 4 is 23.2 Å². The second-order valence-electron chi connectivity index (χ2n) is 7.18. The van der Waals surface area contributed by atoms with Gasteiger partial charge in [0.2, 0.25) is 5.91 Å². The summed E-state index contributed by atoms with van der Waals surface area (Å²) in [6.07, 6.45) is 2.35. The Kier molecular flexibility index (Phi) is 4.94. The molecular weight excluding hydrogens is 356 g/mol. The van der Waals surface area contributed by atoms with Gasteiger partial charge in [0.05, 0.1) is 12.3 Å². The summed E-state index contributed by atoms with van der Waals surface area (Å²) in [5.41, 5.74) is 2.92. The minimum Gasteiger partial charge on any atom is -0.492 e. The van der Waals surface area contributed by atoms with Gasteiger partial charge in [-0.15, -0.1) is 0 Å². The van der Waals surface area contributed by atoms with Gasteiger partial charge in [-0.05, 0) is 44.5 Å². The van der Waals surface area contributed by atoms with Gasteiger partial charge in [0.25, 0.3) is 5.91 Å². The molecule has 0 saturated carbocycles. The second kappa shape index (κ2) is 7.54. The van der Waals surface area contributed by atoms with Crippen molar-refractivity contribution in [2.75, 3.05) is 23.4 Å². The molecule has 6 heteroatoms. The van der Waals surface area contributed by atoms with Gasteiger partial charge in [0.15, 0.2) is 0 Å². The molecule has 28 heavy (non-hydrogen) atoms. The molecule has 2 aliphatic rings. The maximum absolute atomic E-state index is 12.9. The van der Waals surface area contributed by atoms with Gasteiger partial charge < -0.3 is 19.7 Å². The highest BCUT2D eigenvalue weighted by atomic mass is 16.5. The summed E-state index contributed by atoms with van der Waals surface area (Å²) in [6, 6.07) is 10.9. The largest absolute Gasteiger partial charge is 0.492 e. The third-order valence-electron chi connectivity index (χ3n) is 5.04. The first-order valence-corrected chi connectivity index (χ1v) is 9.73. The van der Waals surface area contributed by atoms with E-state index in [1.54, 1.807) is 23.1 Å². The predicted molar refractivity (Wildman–Crippen MR) is 107 cm³/mol. The molecule has 0 radical (unpaired) electrons. The molecule has 0 unspecified atom stereocenters. The molecule has 2 aromatic rings. The minimum absolute atomic E-state index is 0.0982. The van der Waals surface area contributed by atoms with Crippen LogP contribution in [0, 0.1) is 0 Å². The Morgan fingerprint density at radius 3 is 2.93 bits per heavy atom. The van der Waals surface area contributed by atoms with E-state index in [2.05, 4.69) is 5.32 Å². The average Bonchev–Trinajstić information content (AvgIpc) is 3.26. The van der Waals surface area contributed by atoms with Crippen LogP contribution in [0.5, 0.6) is 11.5 Å². The van der Waals surface area contributed by atoms with E-state index in [4.69, 9.17) is 9.47 Å². The Bertz CT molecular complexity index is 925. The summed E-state index contributed by atoms with van der Waals surface area (Å²) < 4.78 is 11.5. The Balaban J connectivity index is 1.58. The van der Waals surface area contributed by atoms with Crippen LogP contribution in [0.1, 0.15) is 42.6 Å². The molecule has 0 spiro atoms. The zero-order valence-corrected chi connectivity index (χ0v) is 16.2. The van der Waals surface area contributed by atoms with Crippen molar-refractivity contribution in [2.24, 2.45) is 0 Å². The number of nitrogens with zero attached hydrogens (tertiary/aromatic N) is 1. The number of benzene rings is 2. The molecule has 0 aliphatic carbocycles. The Hall–Kier alpha value is -3.02. The van der Waals surface area contributed by atoms with Crippen LogP contribution in [0.3, 0.4) is 0 Å². The first-order chi connectivity index (χ1) is 13.5. The Labute approximate surface area is 164 Å². The molecule has 2 amide bonds. The molecule has 2 aromatic carbocycles. The number of carbonyl (C=O) groups excluding carboxylic acids is 2. The summed E-state index contributed by atoms with van der Waals surface area (Å²) >= 11 is 0. The number of fused-ring (bicyclic) bond motifs is 1. The van der Waals surface area contributed by atoms with Gasteiger partial charge >= 0.3 is 0 Å². The van der Waals surface area contributed by atoms with Gasteiger partial charge in [0, 0.05) is 42.3 Å². The van der Waals surface area contributed by atoms with E-state index in [-0.39, 0.29) is 17.9 Å². The highest BCUT2D eigenvalue weighted by molar-refractivity contribution is 6.06. The molecule has 146 valence electrons. The lowest BCUT2D eigenvalue weighted by molar-refractivity contribution is -0.117. The van der Waals surface area contributed by atoms with Crippen molar-refractivity contribution in [3.05, 3.63) is 47.5 Å². The molecule has 1 saturated heterocycles. The lowest BCUT2D eigenvalue weighted by Gasteiger charge is -2.17. The van der Waals surface area contributed by atoms with Crippen LogP contribution in [0.15, 0.2) is 36.4 Å². The summed E-state index contributed by atoms with van der Waals surface area (Å²) in [6.45, 7) is 5.13. The third kappa shape index (κ3) is 3.54. The molecule has 0 bridgehead atoms. The lowest BCUT2D eigenvalue weighted by atomic mass is 10.1. The quantitative estimate of drug-likeness (QED) is 0.857. The van der Waals surface area contributed by atoms with Gasteiger partial charge in [0.1, 0.15) is 17.6 Å². The fraction of sp³-hybridized carbons (Fsp3) is 0.364. The lowest BCUT2D eigenvalue weighted by Crippen LogP contribution is -2.24. The molecule has 2 heterocycles. The molecule has 1 N–H and O–H groups in total. The normalized spacial score (nSPS) is 18.0. The number of rotatable bonds is 5. The van der Waals surface area contributed by atoms with Crippen LogP contribution >= 0.6 is 0 Å². The predicted octanol–water partition coefficient (Wildman–Crippen LogP) is 3.79. The standard InChI is InChI=1S/C22H24N2O4/c1-3-27-20-12-16-10-14(2)28-19(16)13-18(20)23-22(26)15-6-4-7-17(11-15)24-9-5-8-21(24)25/h4,6-7,11-14H,3,5,8-10H2,1-2H3,(H,23,26)/t14-/m0/s1. The van der Waals surface area contributed by atoms with Gasteiger partial charge in [-0.1, -0.05) is 6.07 Å². The topological polar surface area (TPSA) is 67.9 Å². The Morgan fingerprint density at radius 1 is 1.32 bits per heavy atom. The fourth-order valence-corrected chi connectivity index (χ4v) is 3.74. The summed E-state index contributed by atoms with van der Waals surface area (Å²) in [5.74, 6) is 1.27. The fourth-order valence-electron chi connectivity index (χ4n) is 3.74. The van der Waals surface area contributed by atoms with Gasteiger partial charge in [-0.25, -0.2) is 0 Å². The van der Waals surface area contributed by atoms with E-state index in [0.29, 0.717) is 36.6 Å². The zero-order valence-electron chi connectivity index (χ0n) is 16.2. The molecule has 0 aromatic heterocycles. The molecule has 1 atom stereocenters. The first kappa shape index (κ1) is 18.3. The van der Waals surface area contributed by atoms with E-state index in [0.717, 1.165) is 29.8 Å². The van der Waals surface area contributed by atoms with Crippen molar-refractivity contribution in [3.8, 4) is 11.5 Å². The zero-order chi connectivity index (χ0) is 19.7. The van der Waals surface area contributed by atoms with E-state index in [1.165, 1.54) is 0 Å². The van der Waals surface area contributed by atoms with Crippen molar-refractivity contribution in [1.29, 1.82) is 0 Å². The highest BCUT2D eigenvalue weighted by Gasteiger charge is 2.24. The first-order valence-electron chi connectivity index (χ1n) is 9.73. The van der Waals surface area contributed by atoms with Crippen LogP contribution in [0.2, 0.25) is 0 Å². The number of hydrogen-bond donors (Lipinski definition) is 1. The monoisotopic (exact) mass is 380 g/mol. The number of amides is 2. The van der Waals surface area contributed by atoms with Gasteiger partial charge in [-0.3, -0.25) is 9.59 Å². The summed E-state index contributed by atoms with van der Waals surface area (Å²) in [4.78, 5) is 26.6. The number of ether oxygens (including phenoxy) is 2. The van der Waals surface area contributed by atoms with E-state index < -0.39 is 0 Å². The number of hydrogen-bond acceptors (Lipinski definition) is 4. The van der Waals surface area contributed by atoms with Crippen molar-refractivity contribution in [1.82, 2.24) is 0 Å². The maximum Gasteiger partial charge on any atom is 0.255 e. The van der Waals surface area contributed by atoms with Crippen LogP contribution < -0.4 is 19.7 Å². The van der Waals surface area contributed by atoms with Crippen LogP contribution in [-0.4, -0.2) is 31.1 Å². The molecule has 1 fully saturated rings. The maximum atomic E-state index is 12.9. The molecular formula is C22H24N2O4. The van der Waals surface area contributed by atoms with Crippen LogP contribution in [0.25, 0.3) is 0 Å². The van der Waals surface area contributed by atoms with Crippen molar-refractivity contribution < 1.29 is 19.1 Å². The van der Waals surface area contributed by atoms with E-state index >= 15 is 0 Å². The van der Waals surface area contributed by atoms with Crippen LogP contribution in [0.4, 0.5) is 11.4 Å². The SMILES string of the molecule is CCOc1cc2c(cc1NC(=O)c1cccc(N3CCCC3=O)c1)O[C@@H](C)C2. The van der Waals surface area contributed by atoms with Gasteiger partial charge in [-0.2, -0.15) is 0 Å². The summed E-state index contributed by atoms with van der Waals surface area (Å²) in [7, 11) is 0. The molecule has 4 rings (SSSR count). The average molecular weight is 380 g/mol. The number of carbonyl (C=O) groups is 2. The molecule has 6 nitrogen and oxygen atoms in total. The third-order valence-corrected chi connectivity index (χ3v) is 5.04. The Morgan fingerprint density at radius 2 is 2.18 bits per heavy atom. The van der Waals surface area contributed by atoms with E-state index in [1.807, 2.05) is 32.0 Å². The van der Waals surface area contributed by atoms with Crippen molar-refractivity contribution in [3.63, 3.8) is 0 Å². The van der Waals surface area contributed by atoms with E-state index in [9.17, 15) is 9.59 Å². The number of anilines is 2. The second-order valence-corrected chi connectivity index (χ2v) is 7.18. The molecule has 2 aliphatic heterocycles.